The number of ether oxygens (including phenoxy) is 2. The second-order valence-corrected chi connectivity index (χ2v) is 6.04. The van der Waals surface area contributed by atoms with Crippen molar-refractivity contribution in [3.63, 3.8) is 0 Å². The molecule has 6 heteroatoms. The fourth-order valence-electron chi connectivity index (χ4n) is 2.54. The number of amides is 2. The van der Waals surface area contributed by atoms with Gasteiger partial charge in [-0.3, -0.25) is 9.59 Å². The molecule has 0 bridgehead atoms. The Kier molecular flexibility index (Phi) is 8.32. The maximum atomic E-state index is 12.2. The summed E-state index contributed by atoms with van der Waals surface area (Å²) in [5, 5.41) is 5.70. The third kappa shape index (κ3) is 6.75. The van der Waals surface area contributed by atoms with Crippen LogP contribution >= 0.6 is 0 Å². The first-order valence-corrected chi connectivity index (χ1v) is 8.92. The first kappa shape index (κ1) is 20.5. The maximum absolute atomic E-state index is 12.2. The van der Waals surface area contributed by atoms with Crippen LogP contribution in [0.1, 0.15) is 32.7 Å². The maximum Gasteiger partial charge on any atom is 0.251 e. The van der Waals surface area contributed by atoms with Gasteiger partial charge in [-0.2, -0.15) is 0 Å². The van der Waals surface area contributed by atoms with E-state index in [2.05, 4.69) is 10.6 Å². The molecule has 0 aromatic heterocycles. The van der Waals surface area contributed by atoms with Crippen molar-refractivity contribution in [3.05, 3.63) is 65.2 Å². The Bertz CT molecular complexity index is 744. The van der Waals surface area contributed by atoms with Crippen LogP contribution in [0.15, 0.2) is 48.5 Å². The van der Waals surface area contributed by atoms with Crippen LogP contribution in [0.3, 0.4) is 0 Å². The summed E-state index contributed by atoms with van der Waals surface area (Å²) < 4.78 is 10.1. The van der Waals surface area contributed by atoms with Crippen LogP contribution in [0, 0.1) is 0 Å². The predicted octanol–water partition coefficient (Wildman–Crippen LogP) is 2.43. The van der Waals surface area contributed by atoms with Crippen LogP contribution in [0.2, 0.25) is 0 Å². The molecule has 0 saturated heterocycles. The largest absolute Gasteiger partial charge is 0.497 e. The summed E-state index contributed by atoms with van der Waals surface area (Å²) in [7, 11) is 3.26. The lowest BCUT2D eigenvalue weighted by atomic mass is 10.1. The first-order valence-electron chi connectivity index (χ1n) is 8.92. The van der Waals surface area contributed by atoms with Crippen LogP contribution in [0.5, 0.6) is 5.75 Å². The van der Waals surface area contributed by atoms with E-state index in [-0.39, 0.29) is 11.8 Å². The predicted molar refractivity (Wildman–Crippen MR) is 104 cm³/mol. The van der Waals surface area contributed by atoms with Gasteiger partial charge in [-0.1, -0.05) is 12.1 Å². The number of hydrogen-bond acceptors (Lipinski definition) is 4. The molecule has 144 valence electrons. The van der Waals surface area contributed by atoms with Crippen molar-refractivity contribution < 1.29 is 19.1 Å². The Balaban J connectivity index is 1.79. The van der Waals surface area contributed by atoms with E-state index >= 15 is 0 Å². The lowest BCUT2D eigenvalue weighted by Gasteiger charge is -2.08. The Morgan fingerprint density at radius 3 is 2.11 bits per heavy atom. The Morgan fingerprint density at radius 2 is 1.52 bits per heavy atom. The van der Waals surface area contributed by atoms with Crippen LogP contribution in [0.25, 0.3) is 0 Å². The Labute approximate surface area is 159 Å². The second-order valence-electron chi connectivity index (χ2n) is 6.04. The fraction of sp³-hybridized carbons (Fsp3) is 0.333. The van der Waals surface area contributed by atoms with E-state index in [1.54, 1.807) is 38.5 Å². The summed E-state index contributed by atoms with van der Waals surface area (Å²) in [6.07, 6.45) is 1.47. The Morgan fingerprint density at radius 1 is 0.889 bits per heavy atom. The van der Waals surface area contributed by atoms with Gasteiger partial charge in [0.2, 0.25) is 0 Å². The molecule has 2 aromatic rings. The molecule has 0 aliphatic rings. The highest BCUT2D eigenvalue weighted by atomic mass is 16.5. The van der Waals surface area contributed by atoms with Gasteiger partial charge in [-0.15, -0.1) is 0 Å². The molecule has 27 heavy (non-hydrogen) atoms. The molecule has 0 fully saturated rings. The molecule has 0 aliphatic heterocycles. The van der Waals surface area contributed by atoms with E-state index in [0.717, 1.165) is 17.7 Å². The van der Waals surface area contributed by atoms with E-state index in [1.165, 1.54) is 0 Å². The van der Waals surface area contributed by atoms with Crippen LogP contribution in [-0.2, 0) is 11.2 Å². The van der Waals surface area contributed by atoms with Gasteiger partial charge in [-0.05, 0) is 54.8 Å². The second kappa shape index (κ2) is 11.0. The summed E-state index contributed by atoms with van der Waals surface area (Å²) in [4.78, 5) is 24.2. The summed E-state index contributed by atoms with van der Waals surface area (Å²) in [5.41, 5.74) is 2.15. The minimum absolute atomic E-state index is 0.156. The molecule has 0 atom stereocenters. The minimum atomic E-state index is -0.162. The highest BCUT2D eigenvalue weighted by Gasteiger charge is 2.08. The van der Waals surface area contributed by atoms with Crippen LogP contribution < -0.4 is 15.4 Å². The molecule has 0 spiro atoms. The van der Waals surface area contributed by atoms with Crippen molar-refractivity contribution in [1.82, 2.24) is 10.6 Å². The average Bonchev–Trinajstić information content (AvgIpc) is 2.71. The molecule has 2 rings (SSSR count). The van der Waals surface area contributed by atoms with E-state index in [9.17, 15) is 9.59 Å². The van der Waals surface area contributed by atoms with Crippen molar-refractivity contribution >= 4 is 11.8 Å². The van der Waals surface area contributed by atoms with Gasteiger partial charge < -0.3 is 20.1 Å². The first-order chi connectivity index (χ1) is 13.1. The normalized spacial score (nSPS) is 10.3. The lowest BCUT2D eigenvalue weighted by Crippen LogP contribution is -2.27. The van der Waals surface area contributed by atoms with Gasteiger partial charge in [0, 0.05) is 37.9 Å². The smallest absolute Gasteiger partial charge is 0.251 e. The zero-order valence-corrected chi connectivity index (χ0v) is 15.8. The number of hydrogen-bond donors (Lipinski definition) is 2. The van der Waals surface area contributed by atoms with Gasteiger partial charge in [-0.25, -0.2) is 0 Å². The number of benzene rings is 2. The molecule has 2 amide bonds. The molecule has 0 aliphatic carbocycles. The number of carbonyl (C=O) groups is 2. The lowest BCUT2D eigenvalue weighted by molar-refractivity contribution is 0.0939. The molecule has 0 heterocycles. The summed E-state index contributed by atoms with van der Waals surface area (Å²) >= 11 is 0. The van der Waals surface area contributed by atoms with E-state index in [1.807, 2.05) is 24.3 Å². The molecule has 0 unspecified atom stereocenters. The van der Waals surface area contributed by atoms with Gasteiger partial charge in [0.1, 0.15) is 5.75 Å². The molecule has 0 saturated carbocycles. The zero-order chi connectivity index (χ0) is 19.5. The van der Waals surface area contributed by atoms with Crippen LogP contribution in [0.4, 0.5) is 0 Å². The number of methoxy groups -OCH3 is 2. The zero-order valence-electron chi connectivity index (χ0n) is 15.8. The summed E-state index contributed by atoms with van der Waals surface area (Å²) in [6, 6.07) is 14.4. The molecule has 6 nitrogen and oxygen atoms in total. The summed E-state index contributed by atoms with van der Waals surface area (Å²) in [6.45, 7) is 1.68. The minimum Gasteiger partial charge on any atom is -0.497 e. The molecule has 2 N–H and O–H groups in total. The topological polar surface area (TPSA) is 76.7 Å². The number of rotatable bonds is 10. The Hall–Kier alpha value is -2.86. The molecule has 2 aromatic carbocycles. The van der Waals surface area contributed by atoms with Gasteiger partial charge in [0.25, 0.3) is 11.8 Å². The standard InChI is InChI=1S/C21H26N2O4/c1-26-14-4-12-22-20(24)17-7-9-18(10-8-17)21(25)23-13-11-16-5-3-6-19(15-16)27-2/h3,5-10,15H,4,11-14H2,1-2H3,(H,22,24)(H,23,25). The SMILES string of the molecule is COCCCNC(=O)c1ccc(C(=O)NCCc2cccc(OC)c2)cc1. The number of nitrogens with one attached hydrogen (secondary N) is 2. The van der Waals surface area contributed by atoms with Crippen molar-refractivity contribution in [3.8, 4) is 5.75 Å². The molecular weight excluding hydrogens is 344 g/mol. The third-order valence-corrected chi connectivity index (χ3v) is 4.05. The monoisotopic (exact) mass is 370 g/mol. The van der Waals surface area contributed by atoms with Crippen molar-refractivity contribution in [2.45, 2.75) is 12.8 Å². The van der Waals surface area contributed by atoms with E-state index in [4.69, 9.17) is 9.47 Å². The fourth-order valence-corrected chi connectivity index (χ4v) is 2.54. The van der Waals surface area contributed by atoms with E-state index < -0.39 is 0 Å². The van der Waals surface area contributed by atoms with Gasteiger partial charge in [0.15, 0.2) is 0 Å². The van der Waals surface area contributed by atoms with Crippen molar-refractivity contribution in [1.29, 1.82) is 0 Å². The summed E-state index contributed by atoms with van der Waals surface area (Å²) in [5.74, 6) is 0.482. The van der Waals surface area contributed by atoms with Gasteiger partial charge >= 0.3 is 0 Å². The number of carbonyl (C=O) groups excluding carboxylic acids is 2. The van der Waals surface area contributed by atoms with Crippen LogP contribution in [-0.4, -0.2) is 45.7 Å². The van der Waals surface area contributed by atoms with Gasteiger partial charge in [0.05, 0.1) is 7.11 Å². The molecular formula is C21H26N2O4. The quantitative estimate of drug-likeness (QED) is 0.630. The highest BCUT2D eigenvalue weighted by molar-refractivity contribution is 5.97. The third-order valence-electron chi connectivity index (χ3n) is 4.05. The van der Waals surface area contributed by atoms with Crippen molar-refractivity contribution in [2.75, 3.05) is 33.9 Å². The average molecular weight is 370 g/mol. The highest BCUT2D eigenvalue weighted by Crippen LogP contribution is 2.12. The van der Waals surface area contributed by atoms with E-state index in [0.29, 0.717) is 37.2 Å². The molecule has 0 radical (unpaired) electrons. The van der Waals surface area contributed by atoms with Crippen molar-refractivity contribution in [2.24, 2.45) is 0 Å².